The molecule has 0 bridgehead atoms. The molecule has 0 unspecified atom stereocenters. The van der Waals surface area contributed by atoms with Gasteiger partial charge in [-0.3, -0.25) is 4.79 Å². The van der Waals surface area contributed by atoms with E-state index in [1.165, 1.54) is 18.4 Å². The Balaban J connectivity index is 1.32. The zero-order chi connectivity index (χ0) is 22.2. The predicted molar refractivity (Wildman–Crippen MR) is 121 cm³/mol. The van der Waals surface area contributed by atoms with Crippen LogP contribution in [0.3, 0.4) is 0 Å². The van der Waals surface area contributed by atoms with Crippen LogP contribution in [0.15, 0.2) is 27.4 Å². The highest BCUT2D eigenvalue weighted by Gasteiger charge is 2.27. The Hall–Kier alpha value is -3.13. The number of aryl methyl sites for hydroxylation is 2. The molecule has 0 radical (unpaired) electrons. The van der Waals surface area contributed by atoms with Gasteiger partial charge in [0, 0.05) is 21.9 Å². The van der Waals surface area contributed by atoms with Gasteiger partial charge < -0.3 is 19.2 Å². The molecule has 0 saturated heterocycles. The van der Waals surface area contributed by atoms with Crippen LogP contribution in [0.2, 0.25) is 0 Å². The zero-order valence-electron chi connectivity index (χ0n) is 17.7. The highest BCUT2D eigenvalue weighted by molar-refractivity contribution is 7.17. The summed E-state index contributed by atoms with van der Waals surface area (Å²) in [7, 11) is 1.34. The number of anilines is 1. The summed E-state index contributed by atoms with van der Waals surface area (Å²) in [4.78, 5) is 38.2. The lowest BCUT2D eigenvalue weighted by atomic mass is 9.95. The predicted octanol–water partition coefficient (Wildman–Crippen LogP) is 4.03. The van der Waals surface area contributed by atoms with Crippen molar-refractivity contribution in [3.63, 3.8) is 0 Å². The average molecular weight is 454 g/mol. The number of thiophene rings is 1. The summed E-state index contributed by atoms with van der Waals surface area (Å²) in [5, 5.41) is 4.24. The monoisotopic (exact) mass is 453 g/mol. The first kappa shape index (κ1) is 20.8. The molecule has 8 heteroatoms. The lowest BCUT2D eigenvalue weighted by molar-refractivity contribution is -0.118. The largest absolute Gasteiger partial charge is 0.484 e. The Bertz CT molecular complexity index is 1290. The minimum absolute atomic E-state index is 0.232. The molecule has 7 nitrogen and oxygen atoms in total. The molecule has 0 fully saturated rings. The molecule has 2 aromatic heterocycles. The van der Waals surface area contributed by atoms with Crippen LogP contribution in [0.25, 0.3) is 11.0 Å². The number of hydrogen-bond acceptors (Lipinski definition) is 7. The number of carbonyl (C=O) groups is 2. The Kier molecular flexibility index (Phi) is 5.46. The lowest BCUT2D eigenvalue weighted by Crippen LogP contribution is -2.21. The van der Waals surface area contributed by atoms with Gasteiger partial charge in [0.1, 0.15) is 16.3 Å². The fourth-order valence-corrected chi connectivity index (χ4v) is 5.93. The molecule has 0 atom stereocenters. The van der Waals surface area contributed by atoms with E-state index in [-0.39, 0.29) is 18.1 Å². The molecule has 0 spiro atoms. The fourth-order valence-electron chi connectivity index (χ4n) is 4.64. The summed E-state index contributed by atoms with van der Waals surface area (Å²) in [6, 6.07) is 5.29. The smallest absolute Gasteiger partial charge is 0.341 e. The number of rotatable bonds is 5. The summed E-state index contributed by atoms with van der Waals surface area (Å²) in [5.74, 6) is -0.366. The van der Waals surface area contributed by atoms with Crippen LogP contribution >= 0.6 is 11.3 Å². The number of fused-ring (bicyclic) bond motifs is 4. The average Bonchev–Trinajstić information content (AvgIpc) is 3.42. The van der Waals surface area contributed by atoms with Gasteiger partial charge in [0.2, 0.25) is 0 Å². The van der Waals surface area contributed by atoms with E-state index in [0.29, 0.717) is 21.9 Å². The van der Waals surface area contributed by atoms with Crippen LogP contribution in [0.1, 0.15) is 51.2 Å². The molecule has 32 heavy (non-hydrogen) atoms. The van der Waals surface area contributed by atoms with Gasteiger partial charge in [0.15, 0.2) is 6.61 Å². The number of nitrogens with one attached hydrogen (secondary N) is 1. The summed E-state index contributed by atoms with van der Waals surface area (Å²) in [5.41, 5.74) is 3.44. The Morgan fingerprint density at radius 1 is 1.06 bits per heavy atom. The van der Waals surface area contributed by atoms with E-state index >= 15 is 0 Å². The third-order valence-electron chi connectivity index (χ3n) is 6.13. The van der Waals surface area contributed by atoms with Gasteiger partial charge in [-0.25, -0.2) is 9.59 Å². The van der Waals surface area contributed by atoms with Crippen LogP contribution in [0.4, 0.5) is 5.00 Å². The van der Waals surface area contributed by atoms with Gasteiger partial charge in [0.05, 0.1) is 12.7 Å². The molecule has 1 amide bonds. The number of esters is 1. The van der Waals surface area contributed by atoms with Crippen molar-refractivity contribution in [1.29, 1.82) is 0 Å². The highest BCUT2D eigenvalue weighted by Crippen LogP contribution is 2.38. The maximum atomic E-state index is 12.6. The van der Waals surface area contributed by atoms with Crippen molar-refractivity contribution < 1.29 is 23.5 Å². The van der Waals surface area contributed by atoms with Crippen LogP contribution in [-0.4, -0.2) is 25.6 Å². The SMILES string of the molecule is COC(=O)c1c(NC(=O)COc2ccc3c4c(c(=O)oc3c2)CCC4)sc2c1CCCC2. The van der Waals surface area contributed by atoms with Crippen molar-refractivity contribution >= 4 is 39.2 Å². The van der Waals surface area contributed by atoms with Gasteiger partial charge in [-0.05, 0) is 68.2 Å². The number of methoxy groups -OCH3 is 1. The number of hydrogen-bond donors (Lipinski definition) is 1. The third kappa shape index (κ3) is 3.68. The van der Waals surface area contributed by atoms with Gasteiger partial charge in [-0.1, -0.05) is 0 Å². The minimum atomic E-state index is -0.433. The summed E-state index contributed by atoms with van der Waals surface area (Å²) >= 11 is 1.43. The molecular weight excluding hydrogens is 430 g/mol. The van der Waals surface area contributed by atoms with Crippen LogP contribution < -0.4 is 15.7 Å². The van der Waals surface area contributed by atoms with Crippen LogP contribution in [0, 0.1) is 0 Å². The molecule has 0 saturated carbocycles. The molecule has 1 N–H and O–H groups in total. The van der Waals surface area contributed by atoms with Crippen molar-refractivity contribution in [3.05, 3.63) is 55.8 Å². The second kappa shape index (κ2) is 8.43. The van der Waals surface area contributed by atoms with E-state index in [4.69, 9.17) is 13.9 Å². The topological polar surface area (TPSA) is 94.8 Å². The van der Waals surface area contributed by atoms with E-state index in [2.05, 4.69) is 5.32 Å². The first-order valence-electron chi connectivity index (χ1n) is 10.8. The van der Waals surface area contributed by atoms with E-state index < -0.39 is 5.97 Å². The number of ether oxygens (including phenoxy) is 2. The third-order valence-corrected chi connectivity index (χ3v) is 7.34. The van der Waals surface area contributed by atoms with Crippen LogP contribution in [-0.2, 0) is 35.2 Å². The van der Waals surface area contributed by atoms with E-state index in [1.54, 1.807) is 12.1 Å². The quantitative estimate of drug-likeness (QED) is 0.463. The van der Waals surface area contributed by atoms with Crippen molar-refractivity contribution in [2.75, 3.05) is 19.0 Å². The highest BCUT2D eigenvalue weighted by atomic mass is 32.1. The maximum Gasteiger partial charge on any atom is 0.341 e. The van der Waals surface area contributed by atoms with Crippen molar-refractivity contribution in [2.24, 2.45) is 0 Å². The Morgan fingerprint density at radius 3 is 2.69 bits per heavy atom. The van der Waals surface area contributed by atoms with E-state index in [0.717, 1.165) is 71.9 Å². The zero-order valence-corrected chi connectivity index (χ0v) is 18.6. The molecule has 0 aliphatic heterocycles. The number of benzene rings is 1. The first-order valence-corrected chi connectivity index (χ1v) is 11.6. The van der Waals surface area contributed by atoms with Crippen molar-refractivity contribution in [3.8, 4) is 5.75 Å². The maximum absolute atomic E-state index is 12.6. The van der Waals surface area contributed by atoms with Crippen LogP contribution in [0.5, 0.6) is 5.75 Å². The van der Waals surface area contributed by atoms with Gasteiger partial charge in [-0.15, -0.1) is 11.3 Å². The molecular formula is C24H23NO6S. The molecule has 3 aromatic rings. The summed E-state index contributed by atoms with van der Waals surface area (Å²) < 4.78 is 16.1. The molecule has 166 valence electrons. The molecule has 2 aliphatic rings. The molecule has 1 aromatic carbocycles. The molecule has 2 heterocycles. The molecule has 2 aliphatic carbocycles. The Labute approximate surface area is 188 Å². The molecule has 5 rings (SSSR count). The Morgan fingerprint density at radius 2 is 1.84 bits per heavy atom. The normalized spacial score (nSPS) is 14.7. The lowest BCUT2D eigenvalue weighted by Gasteiger charge is -2.12. The van der Waals surface area contributed by atoms with Crippen molar-refractivity contribution in [1.82, 2.24) is 0 Å². The second-order valence-electron chi connectivity index (χ2n) is 8.10. The van der Waals surface area contributed by atoms with Gasteiger partial charge in [-0.2, -0.15) is 0 Å². The van der Waals surface area contributed by atoms with Gasteiger partial charge >= 0.3 is 11.6 Å². The van der Waals surface area contributed by atoms with Gasteiger partial charge in [0.25, 0.3) is 5.91 Å². The number of carbonyl (C=O) groups excluding carboxylic acids is 2. The fraction of sp³-hybridized carbons (Fsp3) is 0.375. The standard InChI is InChI=1S/C24H23NO6S/c1-29-24(28)21-17-5-2-3-8-19(17)32-22(21)25-20(26)12-30-13-9-10-15-14-6-4-7-16(14)23(27)31-18(15)11-13/h9-11H,2-8,12H2,1H3,(H,25,26). The minimum Gasteiger partial charge on any atom is -0.484 e. The first-order chi connectivity index (χ1) is 15.5. The second-order valence-corrected chi connectivity index (χ2v) is 9.21. The van der Waals surface area contributed by atoms with E-state index in [9.17, 15) is 14.4 Å². The van der Waals surface area contributed by atoms with Crippen molar-refractivity contribution in [2.45, 2.75) is 44.9 Å². The number of amides is 1. The summed E-state index contributed by atoms with van der Waals surface area (Å²) in [6.45, 7) is -0.232. The summed E-state index contributed by atoms with van der Waals surface area (Å²) in [6.07, 6.45) is 6.39. The van der Waals surface area contributed by atoms with E-state index in [1.807, 2.05) is 6.07 Å².